The fourth-order valence-corrected chi connectivity index (χ4v) is 1.34. The SMILES string of the molecule is COC(=O)/C(=C/c1ccc([N+](C)(C)C)o1)C(C)=O.[Br-]. The lowest BCUT2D eigenvalue weighted by Gasteiger charge is -2.18. The van der Waals surface area contributed by atoms with Gasteiger partial charge in [0, 0.05) is 6.07 Å². The lowest BCUT2D eigenvalue weighted by Crippen LogP contribution is -3.00. The molecule has 0 radical (unpaired) electrons. The van der Waals surface area contributed by atoms with E-state index in [0.29, 0.717) is 10.2 Å². The van der Waals surface area contributed by atoms with Crippen molar-refractivity contribution in [1.82, 2.24) is 4.48 Å². The van der Waals surface area contributed by atoms with Gasteiger partial charge in [0.15, 0.2) is 5.78 Å². The van der Waals surface area contributed by atoms with Crippen LogP contribution in [0.5, 0.6) is 0 Å². The average molecular weight is 332 g/mol. The summed E-state index contributed by atoms with van der Waals surface area (Å²) in [4.78, 5) is 22.7. The van der Waals surface area contributed by atoms with E-state index in [1.165, 1.54) is 20.1 Å². The van der Waals surface area contributed by atoms with Crippen molar-refractivity contribution < 1.29 is 35.7 Å². The standard InChI is InChI=1S/C13H18NO4.BrH/c1-9(15)11(13(16)17-5)8-10-6-7-12(18-10)14(2,3)4;/h6-8H,1-5H3;1H/q+1;/p-1/b11-8+;. The van der Waals surface area contributed by atoms with Crippen LogP contribution in [0.2, 0.25) is 0 Å². The highest BCUT2D eigenvalue weighted by atomic mass is 79.9. The van der Waals surface area contributed by atoms with Crippen LogP contribution in [0.25, 0.3) is 6.08 Å². The molecular weight excluding hydrogens is 314 g/mol. The molecule has 106 valence electrons. The fourth-order valence-electron chi connectivity index (χ4n) is 1.34. The molecule has 5 nitrogen and oxygen atoms in total. The second-order valence-corrected chi connectivity index (χ2v) is 4.79. The number of furan rings is 1. The summed E-state index contributed by atoms with van der Waals surface area (Å²) in [7, 11) is 7.11. The minimum atomic E-state index is -0.661. The number of rotatable bonds is 4. The first-order valence-electron chi connectivity index (χ1n) is 5.48. The van der Waals surface area contributed by atoms with Crippen LogP contribution in [0.4, 0.5) is 5.88 Å². The first-order valence-corrected chi connectivity index (χ1v) is 5.48. The predicted molar refractivity (Wildman–Crippen MR) is 68.9 cm³/mol. The Morgan fingerprint density at radius 1 is 1.26 bits per heavy atom. The minimum Gasteiger partial charge on any atom is -1.00 e. The molecule has 0 aliphatic heterocycles. The molecule has 0 unspecified atom stereocenters. The van der Waals surface area contributed by atoms with Crippen molar-refractivity contribution in [2.75, 3.05) is 28.3 Å². The second-order valence-electron chi connectivity index (χ2n) is 4.79. The van der Waals surface area contributed by atoms with Crippen LogP contribution in [0, 0.1) is 0 Å². The van der Waals surface area contributed by atoms with Gasteiger partial charge in [-0.1, -0.05) is 0 Å². The van der Waals surface area contributed by atoms with Crippen molar-refractivity contribution >= 4 is 23.7 Å². The van der Waals surface area contributed by atoms with Gasteiger partial charge in [-0.05, 0) is 19.1 Å². The van der Waals surface area contributed by atoms with E-state index in [0.717, 1.165) is 5.88 Å². The van der Waals surface area contributed by atoms with E-state index in [1.807, 2.05) is 21.1 Å². The Morgan fingerprint density at radius 2 is 1.84 bits per heavy atom. The molecular formula is C13H18BrNO4. The molecule has 0 atom stereocenters. The van der Waals surface area contributed by atoms with Gasteiger partial charge in [0.2, 0.25) is 0 Å². The van der Waals surface area contributed by atoms with E-state index >= 15 is 0 Å². The molecule has 1 heterocycles. The van der Waals surface area contributed by atoms with Gasteiger partial charge in [0.25, 0.3) is 5.88 Å². The minimum absolute atomic E-state index is 0. The summed E-state index contributed by atoms with van der Waals surface area (Å²) >= 11 is 0. The first kappa shape index (κ1) is 17.6. The number of quaternary nitrogens is 1. The first-order chi connectivity index (χ1) is 8.25. The number of hydrogen-bond donors (Lipinski definition) is 0. The number of carbonyl (C=O) groups is 2. The second kappa shape index (κ2) is 6.68. The molecule has 19 heavy (non-hydrogen) atoms. The van der Waals surface area contributed by atoms with Crippen LogP contribution in [0.15, 0.2) is 22.1 Å². The molecule has 0 fully saturated rings. The highest BCUT2D eigenvalue weighted by molar-refractivity contribution is 6.19. The van der Waals surface area contributed by atoms with Gasteiger partial charge in [-0.2, -0.15) is 0 Å². The van der Waals surface area contributed by atoms with Gasteiger partial charge in [0.05, 0.1) is 28.3 Å². The third-order valence-corrected chi connectivity index (χ3v) is 2.34. The van der Waals surface area contributed by atoms with Gasteiger partial charge in [0.1, 0.15) is 11.3 Å². The van der Waals surface area contributed by atoms with Crippen LogP contribution in [-0.2, 0) is 14.3 Å². The van der Waals surface area contributed by atoms with Crippen molar-refractivity contribution in [3.05, 3.63) is 23.5 Å². The molecule has 0 aliphatic rings. The van der Waals surface area contributed by atoms with Crippen LogP contribution in [0.1, 0.15) is 12.7 Å². The highest BCUT2D eigenvalue weighted by Gasteiger charge is 2.19. The van der Waals surface area contributed by atoms with Crippen molar-refractivity contribution in [2.24, 2.45) is 0 Å². The van der Waals surface area contributed by atoms with Crippen LogP contribution in [0.3, 0.4) is 0 Å². The van der Waals surface area contributed by atoms with Gasteiger partial charge in [-0.25, -0.2) is 4.79 Å². The molecule has 0 aromatic carbocycles. The summed E-state index contributed by atoms with van der Waals surface area (Å²) in [5, 5.41) is 0. The number of esters is 1. The third kappa shape index (κ3) is 4.65. The predicted octanol–water partition coefficient (Wildman–Crippen LogP) is -1.37. The number of hydrogen-bond acceptors (Lipinski definition) is 4. The van der Waals surface area contributed by atoms with Gasteiger partial charge in [-0.15, -0.1) is 0 Å². The zero-order valence-corrected chi connectivity index (χ0v) is 13.3. The molecule has 0 spiro atoms. The molecule has 0 saturated heterocycles. The number of nitrogens with zero attached hydrogens (tertiary/aromatic N) is 1. The lowest BCUT2D eigenvalue weighted by molar-refractivity contribution is -0.137. The molecule has 0 aliphatic carbocycles. The van der Waals surface area contributed by atoms with E-state index in [-0.39, 0.29) is 28.3 Å². The Balaban J connectivity index is 0.00000324. The lowest BCUT2D eigenvalue weighted by atomic mass is 10.1. The molecule has 1 aromatic rings. The maximum atomic E-state index is 11.4. The Labute approximate surface area is 123 Å². The van der Waals surface area contributed by atoms with E-state index in [4.69, 9.17) is 4.42 Å². The summed E-state index contributed by atoms with van der Waals surface area (Å²) in [5.41, 5.74) is -0.0280. The van der Waals surface area contributed by atoms with Crippen LogP contribution >= 0.6 is 0 Å². The van der Waals surface area contributed by atoms with Crippen molar-refractivity contribution in [3.63, 3.8) is 0 Å². The summed E-state index contributed by atoms with van der Waals surface area (Å²) in [5.74, 6) is 0.165. The molecule has 0 bridgehead atoms. The van der Waals surface area contributed by atoms with Crippen LogP contribution in [-0.4, -0.2) is 40.0 Å². The quantitative estimate of drug-likeness (QED) is 0.224. The number of carbonyl (C=O) groups excluding carboxylic acids is 2. The van der Waals surface area contributed by atoms with Crippen LogP contribution < -0.4 is 21.5 Å². The monoisotopic (exact) mass is 331 g/mol. The van der Waals surface area contributed by atoms with E-state index in [9.17, 15) is 9.59 Å². The van der Waals surface area contributed by atoms with Crippen molar-refractivity contribution in [2.45, 2.75) is 6.92 Å². The van der Waals surface area contributed by atoms with E-state index < -0.39 is 5.97 Å². The normalized spacial score (nSPS) is 11.7. The summed E-state index contributed by atoms with van der Waals surface area (Å²) in [6.45, 7) is 1.31. The Hall–Kier alpha value is -1.40. The molecule has 0 saturated carbocycles. The summed E-state index contributed by atoms with van der Waals surface area (Å²) < 4.78 is 10.6. The largest absolute Gasteiger partial charge is 1.00 e. The third-order valence-electron chi connectivity index (χ3n) is 2.34. The number of Topliss-reactive ketones (excluding diaryl/α,β-unsaturated/α-hetero) is 1. The van der Waals surface area contributed by atoms with Gasteiger partial charge >= 0.3 is 5.97 Å². The summed E-state index contributed by atoms with van der Waals surface area (Å²) in [6, 6.07) is 3.52. The number of ketones is 1. The number of ether oxygens (including phenoxy) is 1. The zero-order valence-electron chi connectivity index (χ0n) is 11.7. The van der Waals surface area contributed by atoms with Gasteiger partial charge in [-0.3, -0.25) is 9.28 Å². The highest BCUT2D eigenvalue weighted by Crippen LogP contribution is 2.22. The van der Waals surface area contributed by atoms with E-state index in [2.05, 4.69) is 4.74 Å². The molecule has 0 amide bonds. The average Bonchev–Trinajstić information content (AvgIpc) is 2.72. The Morgan fingerprint density at radius 3 is 2.21 bits per heavy atom. The number of halogens is 1. The Bertz CT molecular complexity index is 497. The van der Waals surface area contributed by atoms with Crippen molar-refractivity contribution in [1.29, 1.82) is 0 Å². The smallest absolute Gasteiger partial charge is 0.341 e. The van der Waals surface area contributed by atoms with Gasteiger partial charge < -0.3 is 26.1 Å². The topological polar surface area (TPSA) is 56.5 Å². The number of methoxy groups -OCH3 is 1. The maximum Gasteiger partial charge on any atom is 0.341 e. The van der Waals surface area contributed by atoms with Crippen molar-refractivity contribution in [3.8, 4) is 0 Å². The molecule has 6 heteroatoms. The summed E-state index contributed by atoms with van der Waals surface area (Å²) in [6.07, 6.45) is 1.40. The fraction of sp³-hybridized carbons (Fsp3) is 0.385. The maximum absolute atomic E-state index is 11.4. The molecule has 0 N–H and O–H groups in total. The molecule has 1 rings (SSSR count). The Kier molecular flexibility index (Phi) is 6.18. The molecule has 1 aromatic heterocycles. The van der Waals surface area contributed by atoms with E-state index in [1.54, 1.807) is 12.1 Å². The zero-order chi connectivity index (χ0) is 13.9.